The molecule has 0 saturated heterocycles. The molecule has 2 aromatic rings. The molecule has 1 aromatic carbocycles. The Kier molecular flexibility index (Phi) is 4.93. The number of benzene rings is 1. The van der Waals surface area contributed by atoms with E-state index in [4.69, 9.17) is 16.3 Å². The number of carbonyl (C=O) groups excluding carboxylic acids is 1. The van der Waals surface area contributed by atoms with Crippen molar-refractivity contribution in [2.75, 3.05) is 13.7 Å². The van der Waals surface area contributed by atoms with E-state index in [0.717, 1.165) is 0 Å². The third kappa shape index (κ3) is 3.80. The second-order valence-electron chi connectivity index (χ2n) is 4.76. The number of halogens is 1. The number of rotatable bonds is 5. The first-order chi connectivity index (χ1) is 10.0. The monoisotopic (exact) mass is 309 g/mol. The Bertz CT molecular complexity index is 714. The normalized spacial score (nSPS) is 12.3. The van der Waals surface area contributed by atoms with Crippen LogP contribution >= 0.6 is 11.6 Å². The first-order valence-corrected chi connectivity index (χ1v) is 6.82. The summed E-state index contributed by atoms with van der Waals surface area (Å²) in [6, 6.07) is 4.76. The molecule has 1 amide bonds. The molecule has 1 atom stereocenters. The fraction of sp³-hybridized carbons (Fsp3) is 0.357. The maximum atomic E-state index is 12.3. The molecule has 1 aromatic heterocycles. The van der Waals surface area contributed by atoms with E-state index in [2.05, 4.69) is 10.3 Å². The molecule has 0 radical (unpaired) electrons. The van der Waals surface area contributed by atoms with Crippen LogP contribution in [0.3, 0.4) is 0 Å². The van der Waals surface area contributed by atoms with E-state index in [-0.39, 0.29) is 24.1 Å². The van der Waals surface area contributed by atoms with Crippen molar-refractivity contribution in [2.45, 2.75) is 19.5 Å². The number of aromatic nitrogens is 2. The van der Waals surface area contributed by atoms with Gasteiger partial charge in [-0.1, -0.05) is 11.6 Å². The topological polar surface area (TPSA) is 73.2 Å². The summed E-state index contributed by atoms with van der Waals surface area (Å²) in [5.74, 6) is -0.273. The van der Waals surface area contributed by atoms with Crippen LogP contribution in [0.2, 0.25) is 5.02 Å². The number of amides is 1. The standard InChI is InChI=1S/C14H16ClN3O3/c1-9(7-21-2)17-13(19)6-18-8-16-12-4-3-10(15)5-11(12)14(18)20/h3-5,8-9H,6-7H2,1-2H3,(H,17,19)/t9-/m0/s1. The predicted molar refractivity (Wildman–Crippen MR) is 80.5 cm³/mol. The van der Waals surface area contributed by atoms with E-state index in [9.17, 15) is 9.59 Å². The van der Waals surface area contributed by atoms with Gasteiger partial charge in [-0.15, -0.1) is 0 Å². The molecule has 6 nitrogen and oxygen atoms in total. The Morgan fingerprint density at radius 1 is 1.52 bits per heavy atom. The predicted octanol–water partition coefficient (Wildman–Crippen LogP) is 1.20. The summed E-state index contributed by atoms with van der Waals surface area (Å²) in [4.78, 5) is 28.3. The molecular weight excluding hydrogens is 294 g/mol. The number of hydrogen-bond donors (Lipinski definition) is 1. The van der Waals surface area contributed by atoms with Gasteiger partial charge in [0.1, 0.15) is 6.54 Å². The van der Waals surface area contributed by atoms with Gasteiger partial charge in [0.2, 0.25) is 5.91 Å². The molecule has 2 rings (SSSR count). The summed E-state index contributed by atoms with van der Waals surface area (Å²) in [6.07, 6.45) is 1.36. The first kappa shape index (κ1) is 15.5. The molecule has 1 heterocycles. The molecule has 0 unspecified atom stereocenters. The van der Waals surface area contributed by atoms with Crippen molar-refractivity contribution in [3.05, 3.63) is 39.9 Å². The van der Waals surface area contributed by atoms with Gasteiger partial charge in [-0.2, -0.15) is 0 Å². The number of ether oxygens (including phenoxy) is 1. The number of carbonyl (C=O) groups is 1. The molecule has 112 valence electrons. The Morgan fingerprint density at radius 2 is 2.29 bits per heavy atom. The van der Waals surface area contributed by atoms with E-state index in [1.54, 1.807) is 25.3 Å². The second kappa shape index (κ2) is 6.69. The molecule has 0 saturated carbocycles. The maximum Gasteiger partial charge on any atom is 0.261 e. The third-order valence-corrected chi connectivity index (χ3v) is 3.16. The van der Waals surface area contributed by atoms with Crippen LogP contribution in [0.5, 0.6) is 0 Å². The lowest BCUT2D eigenvalue weighted by molar-refractivity contribution is -0.122. The van der Waals surface area contributed by atoms with Gasteiger partial charge in [0, 0.05) is 18.2 Å². The minimum Gasteiger partial charge on any atom is -0.383 e. The Balaban J connectivity index is 2.21. The van der Waals surface area contributed by atoms with Gasteiger partial charge in [-0.25, -0.2) is 4.98 Å². The molecule has 0 fully saturated rings. The van der Waals surface area contributed by atoms with Crippen molar-refractivity contribution < 1.29 is 9.53 Å². The van der Waals surface area contributed by atoms with Crippen molar-refractivity contribution in [3.63, 3.8) is 0 Å². The summed E-state index contributed by atoms with van der Waals surface area (Å²) in [6.45, 7) is 2.14. The SMILES string of the molecule is COC[C@H](C)NC(=O)Cn1cnc2ccc(Cl)cc2c1=O. The van der Waals surface area contributed by atoms with Crippen LogP contribution in [0.1, 0.15) is 6.92 Å². The molecule has 1 N–H and O–H groups in total. The number of fused-ring (bicyclic) bond motifs is 1. The molecule has 0 aliphatic rings. The molecule has 0 bridgehead atoms. The number of hydrogen-bond acceptors (Lipinski definition) is 4. The van der Waals surface area contributed by atoms with Crippen molar-refractivity contribution >= 4 is 28.4 Å². The van der Waals surface area contributed by atoms with Gasteiger partial charge in [0.05, 0.1) is 23.8 Å². The molecule has 0 aliphatic heterocycles. The zero-order valence-electron chi connectivity index (χ0n) is 11.8. The lowest BCUT2D eigenvalue weighted by atomic mass is 10.2. The van der Waals surface area contributed by atoms with Crippen molar-refractivity contribution in [3.8, 4) is 0 Å². The fourth-order valence-corrected chi connectivity index (χ4v) is 2.18. The molecular formula is C14H16ClN3O3. The zero-order valence-corrected chi connectivity index (χ0v) is 12.6. The van der Waals surface area contributed by atoms with E-state index < -0.39 is 0 Å². The van der Waals surface area contributed by atoms with E-state index in [1.165, 1.54) is 10.9 Å². The van der Waals surface area contributed by atoms with Crippen LogP contribution in [-0.2, 0) is 16.1 Å². The summed E-state index contributed by atoms with van der Waals surface area (Å²) in [7, 11) is 1.56. The van der Waals surface area contributed by atoms with Crippen molar-refractivity contribution in [1.82, 2.24) is 14.9 Å². The fourth-order valence-electron chi connectivity index (χ4n) is 2.01. The maximum absolute atomic E-state index is 12.3. The first-order valence-electron chi connectivity index (χ1n) is 6.44. The van der Waals surface area contributed by atoms with Gasteiger partial charge < -0.3 is 10.1 Å². The molecule has 7 heteroatoms. The summed E-state index contributed by atoms with van der Waals surface area (Å²) in [5, 5.41) is 3.59. The Morgan fingerprint density at radius 3 is 3.00 bits per heavy atom. The number of nitrogens with one attached hydrogen (secondary N) is 1. The summed E-state index contributed by atoms with van der Waals surface area (Å²) < 4.78 is 6.20. The average Bonchev–Trinajstić information content (AvgIpc) is 2.42. The Labute approximate surface area is 126 Å². The molecule has 0 spiro atoms. The molecule has 21 heavy (non-hydrogen) atoms. The van der Waals surface area contributed by atoms with Crippen molar-refractivity contribution in [1.29, 1.82) is 0 Å². The van der Waals surface area contributed by atoms with Crippen LogP contribution < -0.4 is 10.9 Å². The lowest BCUT2D eigenvalue weighted by Gasteiger charge is -2.13. The largest absolute Gasteiger partial charge is 0.383 e. The van der Waals surface area contributed by atoms with E-state index >= 15 is 0 Å². The van der Waals surface area contributed by atoms with Gasteiger partial charge in [-0.05, 0) is 25.1 Å². The van der Waals surface area contributed by atoms with Crippen LogP contribution in [0.15, 0.2) is 29.3 Å². The highest BCUT2D eigenvalue weighted by Gasteiger charge is 2.10. The van der Waals surface area contributed by atoms with Gasteiger partial charge in [-0.3, -0.25) is 14.2 Å². The molecule has 0 aliphatic carbocycles. The third-order valence-electron chi connectivity index (χ3n) is 2.92. The lowest BCUT2D eigenvalue weighted by Crippen LogP contribution is -2.39. The minimum absolute atomic E-state index is 0.0949. The van der Waals surface area contributed by atoms with Gasteiger partial charge in [0.15, 0.2) is 0 Å². The van der Waals surface area contributed by atoms with Crippen LogP contribution in [0.4, 0.5) is 0 Å². The average molecular weight is 310 g/mol. The second-order valence-corrected chi connectivity index (χ2v) is 5.20. The quantitative estimate of drug-likeness (QED) is 0.901. The summed E-state index contributed by atoms with van der Waals surface area (Å²) in [5.41, 5.74) is 0.255. The Hall–Kier alpha value is -1.92. The summed E-state index contributed by atoms with van der Waals surface area (Å²) >= 11 is 5.88. The highest BCUT2D eigenvalue weighted by atomic mass is 35.5. The highest BCUT2D eigenvalue weighted by Crippen LogP contribution is 2.13. The van der Waals surface area contributed by atoms with Gasteiger partial charge >= 0.3 is 0 Å². The van der Waals surface area contributed by atoms with Crippen LogP contribution in [0, 0.1) is 0 Å². The van der Waals surface area contributed by atoms with Crippen LogP contribution in [0.25, 0.3) is 10.9 Å². The van der Waals surface area contributed by atoms with Gasteiger partial charge in [0.25, 0.3) is 5.56 Å². The van der Waals surface area contributed by atoms with E-state index in [0.29, 0.717) is 22.5 Å². The minimum atomic E-state index is -0.294. The number of methoxy groups -OCH3 is 1. The van der Waals surface area contributed by atoms with Crippen LogP contribution in [-0.4, -0.2) is 35.2 Å². The van der Waals surface area contributed by atoms with E-state index in [1.807, 2.05) is 6.92 Å². The van der Waals surface area contributed by atoms with Crippen molar-refractivity contribution in [2.24, 2.45) is 0 Å². The number of nitrogens with zero attached hydrogens (tertiary/aromatic N) is 2. The highest BCUT2D eigenvalue weighted by molar-refractivity contribution is 6.31. The smallest absolute Gasteiger partial charge is 0.261 e. The zero-order chi connectivity index (χ0) is 15.4.